The molecule has 1 aliphatic heterocycles. The number of piperidine rings is 1. The lowest BCUT2D eigenvalue weighted by Gasteiger charge is -2.36. The minimum Gasteiger partial charge on any atom is -0.458 e. The maximum atomic E-state index is 12.6. The zero-order valence-electron chi connectivity index (χ0n) is 15.0. The van der Waals surface area contributed by atoms with Gasteiger partial charge in [-0.1, -0.05) is 0 Å². The van der Waals surface area contributed by atoms with Crippen LogP contribution >= 0.6 is 0 Å². The zero-order valence-corrected chi connectivity index (χ0v) is 15.0. The molecule has 0 aliphatic carbocycles. The summed E-state index contributed by atoms with van der Waals surface area (Å²) in [6, 6.07) is 2.22. The van der Waals surface area contributed by atoms with Crippen molar-refractivity contribution in [3.8, 4) is 6.01 Å². The average Bonchev–Trinajstić information content (AvgIpc) is 2.44. The van der Waals surface area contributed by atoms with Gasteiger partial charge in [-0.25, -0.2) is 9.97 Å². The van der Waals surface area contributed by atoms with Crippen LogP contribution in [0, 0.1) is 13.8 Å². The number of rotatable bonds is 4. The molecule has 0 N–H and O–H groups in total. The summed E-state index contributed by atoms with van der Waals surface area (Å²) in [5, 5.41) is 0. The fraction of sp³-hybridized carbons (Fsp3) is 0.647. The van der Waals surface area contributed by atoms with Gasteiger partial charge in [0.05, 0.1) is 6.54 Å². The van der Waals surface area contributed by atoms with Crippen LogP contribution in [0.25, 0.3) is 0 Å². The predicted octanol–water partition coefficient (Wildman–Crippen LogP) is 1.80. The first kappa shape index (κ1) is 18.2. The third-order valence-electron chi connectivity index (χ3n) is 3.81. The lowest BCUT2D eigenvalue weighted by atomic mass is 10.0. The van der Waals surface area contributed by atoms with Gasteiger partial charge in [0.15, 0.2) is 5.60 Å². The smallest absolute Gasteiger partial charge is 0.317 e. The molecule has 1 unspecified atom stereocenters. The second-order valence-corrected chi connectivity index (χ2v) is 6.67. The second-order valence-electron chi connectivity index (χ2n) is 6.67. The Morgan fingerprint density at radius 1 is 1.25 bits per heavy atom. The van der Waals surface area contributed by atoms with Gasteiger partial charge in [0, 0.05) is 24.9 Å². The molecule has 0 spiro atoms. The van der Waals surface area contributed by atoms with Gasteiger partial charge in [0.1, 0.15) is 6.10 Å². The minimum absolute atomic E-state index is 0.169. The first-order valence-corrected chi connectivity index (χ1v) is 8.15. The van der Waals surface area contributed by atoms with Crippen molar-refractivity contribution in [2.24, 2.45) is 0 Å². The Balaban J connectivity index is 2.03. The fourth-order valence-electron chi connectivity index (χ4n) is 2.90. The number of nitrogens with zero attached hydrogens (tertiary/aromatic N) is 3. The van der Waals surface area contributed by atoms with Crippen molar-refractivity contribution in [3.05, 3.63) is 17.5 Å². The number of amides is 1. The molecule has 7 heteroatoms. The van der Waals surface area contributed by atoms with Crippen LogP contribution in [0.3, 0.4) is 0 Å². The summed E-state index contributed by atoms with van der Waals surface area (Å²) in [5.74, 6) is -0.686. The molecule has 1 amide bonds. The van der Waals surface area contributed by atoms with E-state index in [-0.39, 0.29) is 12.0 Å². The average molecular weight is 335 g/mol. The van der Waals surface area contributed by atoms with Gasteiger partial charge in [-0.15, -0.1) is 0 Å². The van der Waals surface area contributed by atoms with E-state index in [4.69, 9.17) is 9.47 Å². The third kappa shape index (κ3) is 4.66. The molecular formula is C17H25N3O4. The number of ether oxygens (including phenoxy) is 2. The van der Waals surface area contributed by atoms with Crippen molar-refractivity contribution in [1.82, 2.24) is 14.9 Å². The molecule has 1 saturated heterocycles. The third-order valence-corrected chi connectivity index (χ3v) is 3.81. The highest BCUT2D eigenvalue weighted by molar-refractivity contribution is 5.86. The molecule has 0 bridgehead atoms. The topological polar surface area (TPSA) is 81.6 Å². The summed E-state index contributed by atoms with van der Waals surface area (Å²) in [7, 11) is 0. The van der Waals surface area contributed by atoms with Gasteiger partial charge in [-0.05, 0) is 46.6 Å². The van der Waals surface area contributed by atoms with Gasteiger partial charge in [0.2, 0.25) is 0 Å². The quantitative estimate of drug-likeness (QED) is 0.781. The number of hydrogen-bond acceptors (Lipinski definition) is 6. The highest BCUT2D eigenvalue weighted by atomic mass is 16.6. The number of aryl methyl sites for hydroxylation is 2. The molecular weight excluding hydrogens is 310 g/mol. The van der Waals surface area contributed by atoms with E-state index in [9.17, 15) is 9.59 Å². The van der Waals surface area contributed by atoms with Gasteiger partial charge in [0.25, 0.3) is 5.91 Å². The Labute approximate surface area is 142 Å². The Hall–Kier alpha value is -2.18. The summed E-state index contributed by atoms with van der Waals surface area (Å²) in [5.41, 5.74) is 0.513. The fourth-order valence-corrected chi connectivity index (χ4v) is 2.90. The molecule has 2 rings (SSSR count). The van der Waals surface area contributed by atoms with Crippen molar-refractivity contribution in [3.63, 3.8) is 0 Å². The molecule has 1 aromatic rings. The molecule has 1 atom stereocenters. The van der Waals surface area contributed by atoms with Crippen LogP contribution in [0.15, 0.2) is 6.07 Å². The van der Waals surface area contributed by atoms with Crippen LogP contribution in [0.2, 0.25) is 0 Å². The van der Waals surface area contributed by atoms with Crippen LogP contribution in [0.5, 0.6) is 6.01 Å². The van der Waals surface area contributed by atoms with Crippen molar-refractivity contribution in [1.29, 1.82) is 0 Å². The Morgan fingerprint density at radius 2 is 1.88 bits per heavy atom. The maximum absolute atomic E-state index is 12.6. The van der Waals surface area contributed by atoms with E-state index in [1.165, 1.54) is 6.92 Å². The normalized spacial score (nSPS) is 18.2. The first-order chi connectivity index (χ1) is 11.2. The van der Waals surface area contributed by atoms with E-state index in [1.54, 1.807) is 18.7 Å². The molecule has 24 heavy (non-hydrogen) atoms. The molecule has 0 saturated carbocycles. The molecule has 7 nitrogen and oxygen atoms in total. The molecule has 1 aliphatic rings. The molecule has 0 radical (unpaired) electrons. The highest BCUT2D eigenvalue weighted by Gasteiger charge is 2.37. The van der Waals surface area contributed by atoms with Crippen LogP contribution in [0.1, 0.15) is 45.0 Å². The Bertz CT molecular complexity index is 610. The van der Waals surface area contributed by atoms with E-state index >= 15 is 0 Å². The van der Waals surface area contributed by atoms with E-state index < -0.39 is 11.6 Å². The summed E-state index contributed by atoms with van der Waals surface area (Å²) < 4.78 is 11.0. The van der Waals surface area contributed by atoms with Gasteiger partial charge < -0.3 is 14.4 Å². The molecule has 1 fully saturated rings. The van der Waals surface area contributed by atoms with Crippen molar-refractivity contribution in [2.45, 2.75) is 59.2 Å². The lowest BCUT2D eigenvalue weighted by Crippen LogP contribution is -2.53. The van der Waals surface area contributed by atoms with Gasteiger partial charge in [-0.2, -0.15) is 0 Å². The second kappa shape index (κ2) is 7.15. The minimum atomic E-state index is -1.18. The van der Waals surface area contributed by atoms with E-state index in [1.807, 2.05) is 19.9 Å². The number of aromatic nitrogens is 2. The number of esters is 1. The predicted molar refractivity (Wildman–Crippen MR) is 87.6 cm³/mol. The van der Waals surface area contributed by atoms with Gasteiger partial charge in [-0.3, -0.25) is 9.59 Å². The van der Waals surface area contributed by atoms with Crippen LogP contribution < -0.4 is 4.74 Å². The SMILES string of the molecule is CC(=O)OC(C)(C)C(=O)N1CCCC(Oc2nc(C)cc(C)n2)C1. The largest absolute Gasteiger partial charge is 0.458 e. The highest BCUT2D eigenvalue weighted by Crippen LogP contribution is 2.21. The van der Waals surface area contributed by atoms with Crippen LogP contribution in [-0.4, -0.2) is 51.5 Å². The summed E-state index contributed by atoms with van der Waals surface area (Å²) in [6.45, 7) is 9.34. The van der Waals surface area contributed by atoms with Crippen molar-refractivity contribution >= 4 is 11.9 Å². The van der Waals surface area contributed by atoms with Crippen LogP contribution in [-0.2, 0) is 14.3 Å². The number of carbonyl (C=O) groups excluding carboxylic acids is 2. The molecule has 2 heterocycles. The van der Waals surface area contributed by atoms with E-state index in [0.29, 0.717) is 19.1 Å². The summed E-state index contributed by atoms with van der Waals surface area (Å²) in [4.78, 5) is 34.0. The van der Waals surface area contributed by atoms with E-state index in [0.717, 1.165) is 24.2 Å². The molecule has 0 aromatic carbocycles. The van der Waals surface area contributed by atoms with Gasteiger partial charge >= 0.3 is 12.0 Å². The van der Waals surface area contributed by atoms with Crippen LogP contribution in [0.4, 0.5) is 0 Å². The number of carbonyl (C=O) groups is 2. The van der Waals surface area contributed by atoms with Crippen molar-refractivity contribution in [2.75, 3.05) is 13.1 Å². The van der Waals surface area contributed by atoms with E-state index in [2.05, 4.69) is 9.97 Å². The monoisotopic (exact) mass is 335 g/mol. The summed E-state index contributed by atoms with van der Waals surface area (Å²) in [6.07, 6.45) is 1.47. The van der Waals surface area contributed by atoms with Crippen molar-refractivity contribution < 1.29 is 19.1 Å². The standard InChI is InChI=1S/C17H25N3O4/c1-11-9-12(2)19-16(18-11)23-14-7-6-8-20(10-14)15(22)17(4,5)24-13(3)21/h9,14H,6-8,10H2,1-5H3. The number of hydrogen-bond donors (Lipinski definition) is 0. The number of likely N-dealkylation sites (tertiary alicyclic amines) is 1. The first-order valence-electron chi connectivity index (χ1n) is 8.15. The molecule has 132 valence electrons. The Kier molecular flexibility index (Phi) is 5.41. The Morgan fingerprint density at radius 3 is 2.46 bits per heavy atom. The summed E-state index contributed by atoms with van der Waals surface area (Å²) >= 11 is 0. The maximum Gasteiger partial charge on any atom is 0.317 e. The molecule has 1 aromatic heterocycles. The lowest BCUT2D eigenvalue weighted by molar-refractivity contribution is -0.169. The zero-order chi connectivity index (χ0) is 17.9.